The van der Waals surface area contributed by atoms with Gasteiger partial charge >= 0.3 is 0 Å². The molecule has 68 valence electrons. The standard InChI is InChI=1S/C12H15N/c1-9-2-3-11-10(8-9)4-5-12(11)6-7-13-12/h2-3,8,13H,4-7H2,1H3/t12-/m0/s1. The first-order chi connectivity index (χ1) is 6.30. The van der Waals surface area contributed by atoms with Crippen molar-refractivity contribution in [1.82, 2.24) is 5.32 Å². The first kappa shape index (κ1) is 7.57. The summed E-state index contributed by atoms with van der Waals surface area (Å²) in [6, 6.07) is 6.92. The monoisotopic (exact) mass is 173 g/mol. The van der Waals surface area contributed by atoms with Crippen LogP contribution in [0.15, 0.2) is 18.2 Å². The molecular weight excluding hydrogens is 158 g/mol. The molecule has 13 heavy (non-hydrogen) atoms. The van der Waals surface area contributed by atoms with Gasteiger partial charge in [0, 0.05) is 5.54 Å². The lowest BCUT2D eigenvalue weighted by atomic mass is 9.82. The molecule has 2 aliphatic rings. The largest absolute Gasteiger partial charge is 0.307 e. The lowest BCUT2D eigenvalue weighted by Gasteiger charge is -2.41. The number of nitrogens with one attached hydrogen (secondary N) is 1. The Morgan fingerprint density at radius 2 is 2.15 bits per heavy atom. The van der Waals surface area contributed by atoms with Crippen LogP contribution in [0.3, 0.4) is 0 Å². The molecule has 1 aliphatic heterocycles. The van der Waals surface area contributed by atoms with Crippen molar-refractivity contribution in [3.8, 4) is 0 Å². The van der Waals surface area contributed by atoms with Gasteiger partial charge in [0.05, 0.1) is 0 Å². The van der Waals surface area contributed by atoms with Crippen molar-refractivity contribution in [2.45, 2.75) is 31.7 Å². The molecular formula is C12H15N. The van der Waals surface area contributed by atoms with Crippen molar-refractivity contribution >= 4 is 0 Å². The zero-order chi connectivity index (χ0) is 8.89. The van der Waals surface area contributed by atoms with Crippen LogP contribution in [0.2, 0.25) is 0 Å². The van der Waals surface area contributed by atoms with Gasteiger partial charge in [-0.15, -0.1) is 0 Å². The van der Waals surface area contributed by atoms with Crippen molar-refractivity contribution in [3.05, 3.63) is 34.9 Å². The molecule has 0 bridgehead atoms. The fourth-order valence-corrected chi connectivity index (χ4v) is 2.75. The zero-order valence-electron chi connectivity index (χ0n) is 8.06. The second kappa shape index (κ2) is 2.36. The van der Waals surface area contributed by atoms with Gasteiger partial charge in [-0.1, -0.05) is 23.8 Å². The average molecular weight is 173 g/mol. The Morgan fingerprint density at radius 1 is 1.31 bits per heavy atom. The van der Waals surface area contributed by atoms with E-state index in [2.05, 4.69) is 30.4 Å². The van der Waals surface area contributed by atoms with Crippen LogP contribution in [0.1, 0.15) is 29.5 Å². The highest BCUT2D eigenvalue weighted by Crippen LogP contribution is 2.43. The highest BCUT2D eigenvalue weighted by atomic mass is 15.1. The molecule has 1 nitrogen and oxygen atoms in total. The van der Waals surface area contributed by atoms with Crippen LogP contribution < -0.4 is 5.32 Å². The van der Waals surface area contributed by atoms with E-state index in [0.29, 0.717) is 5.54 Å². The molecule has 3 rings (SSSR count). The van der Waals surface area contributed by atoms with Crippen molar-refractivity contribution in [1.29, 1.82) is 0 Å². The molecule has 1 aromatic rings. The lowest BCUT2D eigenvalue weighted by molar-refractivity contribution is 0.210. The number of benzene rings is 1. The van der Waals surface area contributed by atoms with E-state index >= 15 is 0 Å². The van der Waals surface area contributed by atoms with Gasteiger partial charge in [0.1, 0.15) is 0 Å². The Balaban J connectivity index is 2.11. The molecule has 1 atom stereocenters. The smallest absolute Gasteiger partial charge is 0.0452 e. The topological polar surface area (TPSA) is 12.0 Å². The summed E-state index contributed by atoms with van der Waals surface area (Å²) >= 11 is 0. The van der Waals surface area contributed by atoms with Gasteiger partial charge in [-0.2, -0.15) is 0 Å². The molecule has 1 spiro atoms. The Hall–Kier alpha value is -0.820. The molecule has 0 saturated carbocycles. The maximum atomic E-state index is 3.60. The summed E-state index contributed by atoms with van der Waals surface area (Å²) in [6.45, 7) is 3.38. The second-order valence-electron chi connectivity index (χ2n) is 4.42. The van der Waals surface area contributed by atoms with E-state index in [0.717, 1.165) is 0 Å². The quantitative estimate of drug-likeness (QED) is 0.633. The third-order valence-corrected chi connectivity index (χ3v) is 3.61. The van der Waals surface area contributed by atoms with Gasteiger partial charge in [0.25, 0.3) is 0 Å². The molecule has 1 heterocycles. The lowest BCUT2D eigenvalue weighted by Crippen LogP contribution is -2.52. The minimum Gasteiger partial charge on any atom is -0.307 e. The highest BCUT2D eigenvalue weighted by molar-refractivity contribution is 5.42. The summed E-state index contributed by atoms with van der Waals surface area (Å²) in [6.07, 6.45) is 3.92. The Labute approximate surface area is 79.2 Å². The summed E-state index contributed by atoms with van der Waals surface area (Å²) < 4.78 is 0. The molecule has 1 fully saturated rings. The maximum absolute atomic E-state index is 3.60. The summed E-state index contributed by atoms with van der Waals surface area (Å²) in [5.74, 6) is 0. The molecule has 0 unspecified atom stereocenters. The van der Waals surface area contributed by atoms with Crippen LogP contribution in [0, 0.1) is 6.92 Å². The van der Waals surface area contributed by atoms with Gasteiger partial charge in [0.15, 0.2) is 0 Å². The van der Waals surface area contributed by atoms with Crippen LogP contribution >= 0.6 is 0 Å². The third kappa shape index (κ3) is 0.910. The molecule has 1 N–H and O–H groups in total. The number of hydrogen-bond acceptors (Lipinski definition) is 1. The Kier molecular flexibility index (Phi) is 1.37. The van der Waals surface area contributed by atoms with E-state index < -0.39 is 0 Å². The molecule has 0 radical (unpaired) electrons. The number of hydrogen-bond donors (Lipinski definition) is 1. The van der Waals surface area contributed by atoms with Gasteiger partial charge in [-0.3, -0.25) is 0 Å². The van der Waals surface area contributed by atoms with Crippen LogP contribution in [-0.2, 0) is 12.0 Å². The van der Waals surface area contributed by atoms with Crippen molar-refractivity contribution in [2.75, 3.05) is 6.54 Å². The van der Waals surface area contributed by atoms with E-state index in [4.69, 9.17) is 0 Å². The van der Waals surface area contributed by atoms with Crippen LogP contribution in [0.4, 0.5) is 0 Å². The van der Waals surface area contributed by atoms with Crippen molar-refractivity contribution in [2.24, 2.45) is 0 Å². The minimum atomic E-state index is 0.392. The third-order valence-electron chi connectivity index (χ3n) is 3.61. The summed E-state index contributed by atoms with van der Waals surface area (Å²) in [7, 11) is 0. The molecule has 0 aromatic heterocycles. The number of rotatable bonds is 0. The van der Waals surface area contributed by atoms with Gasteiger partial charge in [-0.05, 0) is 43.9 Å². The van der Waals surface area contributed by atoms with E-state index in [1.165, 1.54) is 31.4 Å². The summed E-state index contributed by atoms with van der Waals surface area (Å²) in [4.78, 5) is 0. The first-order valence-electron chi connectivity index (χ1n) is 5.15. The minimum absolute atomic E-state index is 0.392. The van der Waals surface area contributed by atoms with Crippen LogP contribution in [-0.4, -0.2) is 6.54 Å². The fourth-order valence-electron chi connectivity index (χ4n) is 2.75. The highest BCUT2D eigenvalue weighted by Gasteiger charge is 2.42. The SMILES string of the molecule is Cc1ccc2c(c1)CC[C@]21CCN1. The van der Waals surface area contributed by atoms with E-state index in [1.807, 2.05) is 0 Å². The molecule has 1 aliphatic carbocycles. The molecule has 0 amide bonds. The van der Waals surface area contributed by atoms with Gasteiger partial charge in [0.2, 0.25) is 0 Å². The van der Waals surface area contributed by atoms with Gasteiger partial charge in [-0.25, -0.2) is 0 Å². The molecule has 1 saturated heterocycles. The predicted octanol–water partition coefficient (Wildman–Crippen LogP) is 2.13. The number of fused-ring (bicyclic) bond motifs is 2. The second-order valence-corrected chi connectivity index (χ2v) is 4.42. The van der Waals surface area contributed by atoms with Gasteiger partial charge < -0.3 is 5.32 Å². The summed E-state index contributed by atoms with van der Waals surface area (Å²) in [5.41, 5.74) is 4.94. The number of aryl methyl sites for hydroxylation is 2. The van der Waals surface area contributed by atoms with Crippen molar-refractivity contribution in [3.63, 3.8) is 0 Å². The average Bonchev–Trinajstić information content (AvgIpc) is 2.41. The fraction of sp³-hybridized carbons (Fsp3) is 0.500. The van der Waals surface area contributed by atoms with Crippen LogP contribution in [0.25, 0.3) is 0 Å². The van der Waals surface area contributed by atoms with Crippen LogP contribution in [0.5, 0.6) is 0 Å². The molecule has 1 aromatic carbocycles. The predicted molar refractivity (Wildman–Crippen MR) is 53.8 cm³/mol. The first-order valence-corrected chi connectivity index (χ1v) is 5.15. The zero-order valence-corrected chi connectivity index (χ0v) is 8.06. The Morgan fingerprint density at radius 3 is 2.85 bits per heavy atom. The normalized spacial score (nSPS) is 30.2. The van der Waals surface area contributed by atoms with E-state index in [9.17, 15) is 0 Å². The van der Waals surface area contributed by atoms with E-state index in [1.54, 1.807) is 11.1 Å². The van der Waals surface area contributed by atoms with E-state index in [-0.39, 0.29) is 0 Å². The molecule has 1 heteroatoms. The van der Waals surface area contributed by atoms with Crippen molar-refractivity contribution < 1.29 is 0 Å². The maximum Gasteiger partial charge on any atom is 0.0452 e. The summed E-state index contributed by atoms with van der Waals surface area (Å²) in [5, 5.41) is 3.60. The Bertz CT molecular complexity index is 350.